The molecule has 0 bridgehead atoms. The number of carbonyl (C=O) groups is 1. The lowest BCUT2D eigenvalue weighted by atomic mass is 9.89. The number of hydrogen-bond acceptors (Lipinski definition) is 2. The van der Waals surface area contributed by atoms with Crippen molar-refractivity contribution in [1.29, 1.82) is 0 Å². The van der Waals surface area contributed by atoms with Gasteiger partial charge in [-0.1, -0.05) is 19.9 Å². The first-order valence-corrected chi connectivity index (χ1v) is 5.12. The van der Waals surface area contributed by atoms with Crippen LogP contribution in [0.15, 0.2) is 18.2 Å². The molecule has 0 fully saturated rings. The van der Waals surface area contributed by atoms with E-state index >= 15 is 0 Å². The molecule has 1 unspecified atom stereocenters. The fraction of sp³-hybridized carbons (Fsp3) is 0.417. The summed E-state index contributed by atoms with van der Waals surface area (Å²) in [5.74, 6) is -2.54. The van der Waals surface area contributed by atoms with Crippen LogP contribution in [0.3, 0.4) is 0 Å². The van der Waals surface area contributed by atoms with Gasteiger partial charge in [-0.25, -0.2) is 4.39 Å². The lowest BCUT2D eigenvalue weighted by Crippen LogP contribution is -2.22. The highest BCUT2D eigenvalue weighted by Gasteiger charge is 2.22. The highest BCUT2D eigenvalue weighted by atomic mass is 19.1. The molecule has 0 amide bonds. The third-order valence-corrected chi connectivity index (χ3v) is 2.59. The Labute approximate surface area is 93.5 Å². The van der Waals surface area contributed by atoms with Crippen LogP contribution in [-0.2, 0) is 11.2 Å². The summed E-state index contributed by atoms with van der Waals surface area (Å²) in [7, 11) is 0. The van der Waals surface area contributed by atoms with Crippen LogP contribution in [0.2, 0.25) is 0 Å². The minimum atomic E-state index is -0.876. The zero-order valence-corrected chi connectivity index (χ0v) is 9.27. The fourth-order valence-corrected chi connectivity index (χ4v) is 1.55. The molecule has 3 nitrogen and oxygen atoms in total. The van der Waals surface area contributed by atoms with Gasteiger partial charge in [-0.2, -0.15) is 0 Å². The molecule has 1 rings (SSSR count). The summed E-state index contributed by atoms with van der Waals surface area (Å²) in [6.45, 7) is 3.64. The molecule has 0 aliphatic heterocycles. The summed E-state index contributed by atoms with van der Waals surface area (Å²) in [5.41, 5.74) is 0.625. The molecule has 0 saturated heterocycles. The summed E-state index contributed by atoms with van der Waals surface area (Å²) in [6.07, 6.45) is 0.292. The Morgan fingerprint density at radius 2 is 2.06 bits per heavy atom. The van der Waals surface area contributed by atoms with Crippen molar-refractivity contribution in [2.75, 3.05) is 0 Å². The molecule has 0 spiro atoms. The van der Waals surface area contributed by atoms with Gasteiger partial charge >= 0.3 is 5.97 Å². The fourth-order valence-electron chi connectivity index (χ4n) is 1.55. The first-order chi connectivity index (χ1) is 7.41. The van der Waals surface area contributed by atoms with Gasteiger partial charge < -0.3 is 10.2 Å². The number of phenols is 1. The normalized spacial score (nSPS) is 12.8. The van der Waals surface area contributed by atoms with Crippen molar-refractivity contribution in [3.8, 4) is 5.75 Å². The molecular weight excluding hydrogens is 211 g/mol. The Morgan fingerprint density at radius 1 is 1.44 bits per heavy atom. The van der Waals surface area contributed by atoms with Crippen molar-refractivity contribution in [2.24, 2.45) is 11.8 Å². The number of aliphatic carboxylic acids is 1. The standard InChI is InChI=1S/C12H15FO3/c1-7(2)9(12(15)16)5-8-3-4-10(13)11(14)6-8/h3-4,6-7,9,14H,5H2,1-2H3,(H,15,16). The second kappa shape index (κ2) is 4.96. The third-order valence-electron chi connectivity index (χ3n) is 2.59. The van der Waals surface area contributed by atoms with E-state index in [2.05, 4.69) is 0 Å². The van der Waals surface area contributed by atoms with E-state index in [0.717, 1.165) is 6.07 Å². The summed E-state index contributed by atoms with van der Waals surface area (Å²) in [6, 6.07) is 3.91. The Morgan fingerprint density at radius 3 is 2.50 bits per heavy atom. The summed E-state index contributed by atoms with van der Waals surface area (Å²) >= 11 is 0. The quantitative estimate of drug-likeness (QED) is 0.829. The lowest BCUT2D eigenvalue weighted by Gasteiger charge is -2.16. The van der Waals surface area contributed by atoms with Gasteiger partial charge in [0.15, 0.2) is 11.6 Å². The molecule has 0 saturated carbocycles. The van der Waals surface area contributed by atoms with E-state index in [9.17, 15) is 9.18 Å². The average Bonchev–Trinajstić information content (AvgIpc) is 2.18. The number of benzene rings is 1. The molecule has 4 heteroatoms. The van der Waals surface area contributed by atoms with Gasteiger partial charge in [0.1, 0.15) is 0 Å². The van der Waals surface area contributed by atoms with E-state index in [4.69, 9.17) is 10.2 Å². The number of aromatic hydroxyl groups is 1. The van der Waals surface area contributed by atoms with Gasteiger partial charge in [0, 0.05) is 0 Å². The predicted octanol–water partition coefficient (Wildman–Crippen LogP) is 2.43. The van der Waals surface area contributed by atoms with Gasteiger partial charge in [0.05, 0.1) is 5.92 Å². The Kier molecular flexibility index (Phi) is 3.88. The van der Waals surface area contributed by atoms with E-state index in [1.807, 2.05) is 13.8 Å². The number of halogens is 1. The maximum absolute atomic E-state index is 12.8. The average molecular weight is 226 g/mol. The van der Waals surface area contributed by atoms with Crippen molar-refractivity contribution in [2.45, 2.75) is 20.3 Å². The van der Waals surface area contributed by atoms with Crippen molar-refractivity contribution in [3.05, 3.63) is 29.6 Å². The van der Waals surface area contributed by atoms with Gasteiger partial charge in [-0.15, -0.1) is 0 Å². The highest BCUT2D eigenvalue weighted by molar-refractivity contribution is 5.70. The number of carboxylic acid groups (broad SMARTS) is 1. The van der Waals surface area contributed by atoms with Gasteiger partial charge in [-0.05, 0) is 30.0 Å². The van der Waals surface area contributed by atoms with Crippen LogP contribution in [0.25, 0.3) is 0 Å². The topological polar surface area (TPSA) is 57.5 Å². The number of phenolic OH excluding ortho intramolecular Hbond substituents is 1. The molecule has 0 aliphatic carbocycles. The molecular formula is C12H15FO3. The minimum absolute atomic E-state index is 0.00954. The van der Waals surface area contributed by atoms with E-state index < -0.39 is 23.5 Å². The summed E-state index contributed by atoms with van der Waals surface area (Å²) < 4.78 is 12.8. The molecule has 1 aromatic rings. The first-order valence-electron chi connectivity index (χ1n) is 5.12. The molecule has 88 valence electrons. The molecule has 0 aromatic heterocycles. The first kappa shape index (κ1) is 12.5. The van der Waals surface area contributed by atoms with Crippen LogP contribution in [0, 0.1) is 17.7 Å². The Bertz CT molecular complexity index is 388. The van der Waals surface area contributed by atoms with Gasteiger partial charge in [0.2, 0.25) is 0 Å². The second-order valence-corrected chi connectivity index (χ2v) is 4.18. The zero-order chi connectivity index (χ0) is 12.3. The van der Waals surface area contributed by atoms with Crippen LogP contribution >= 0.6 is 0 Å². The molecule has 16 heavy (non-hydrogen) atoms. The van der Waals surface area contributed by atoms with Crippen LogP contribution in [-0.4, -0.2) is 16.2 Å². The minimum Gasteiger partial charge on any atom is -0.505 e. The van der Waals surface area contributed by atoms with E-state index in [1.165, 1.54) is 12.1 Å². The van der Waals surface area contributed by atoms with Crippen molar-refractivity contribution in [3.63, 3.8) is 0 Å². The van der Waals surface area contributed by atoms with Gasteiger partial charge in [-0.3, -0.25) is 4.79 Å². The number of hydrogen-bond donors (Lipinski definition) is 2. The maximum Gasteiger partial charge on any atom is 0.307 e. The lowest BCUT2D eigenvalue weighted by molar-refractivity contribution is -0.143. The molecule has 0 heterocycles. The zero-order valence-electron chi connectivity index (χ0n) is 9.27. The van der Waals surface area contributed by atoms with Crippen molar-refractivity contribution >= 4 is 5.97 Å². The largest absolute Gasteiger partial charge is 0.505 e. The summed E-state index contributed by atoms with van der Waals surface area (Å²) in [5, 5.41) is 18.2. The molecule has 0 aliphatic rings. The van der Waals surface area contributed by atoms with Crippen LogP contribution < -0.4 is 0 Å². The van der Waals surface area contributed by atoms with Crippen molar-refractivity contribution in [1.82, 2.24) is 0 Å². The number of carboxylic acids is 1. The van der Waals surface area contributed by atoms with Crippen molar-refractivity contribution < 1.29 is 19.4 Å². The van der Waals surface area contributed by atoms with Crippen LogP contribution in [0.1, 0.15) is 19.4 Å². The maximum atomic E-state index is 12.8. The Balaban J connectivity index is 2.86. The third kappa shape index (κ3) is 2.95. The van der Waals surface area contributed by atoms with Gasteiger partial charge in [0.25, 0.3) is 0 Å². The molecule has 0 radical (unpaired) electrons. The van der Waals surface area contributed by atoms with Crippen LogP contribution in [0.4, 0.5) is 4.39 Å². The van der Waals surface area contributed by atoms with Crippen LogP contribution in [0.5, 0.6) is 5.75 Å². The number of rotatable bonds is 4. The van der Waals surface area contributed by atoms with E-state index in [-0.39, 0.29) is 5.92 Å². The highest BCUT2D eigenvalue weighted by Crippen LogP contribution is 2.22. The SMILES string of the molecule is CC(C)C(Cc1ccc(F)c(O)c1)C(=O)O. The monoisotopic (exact) mass is 226 g/mol. The molecule has 1 aromatic carbocycles. The molecule has 1 atom stereocenters. The second-order valence-electron chi connectivity index (χ2n) is 4.18. The molecule has 2 N–H and O–H groups in total. The smallest absolute Gasteiger partial charge is 0.307 e. The Hall–Kier alpha value is -1.58. The summed E-state index contributed by atoms with van der Waals surface area (Å²) in [4.78, 5) is 11.0. The van der Waals surface area contributed by atoms with E-state index in [1.54, 1.807) is 0 Å². The van der Waals surface area contributed by atoms with E-state index in [0.29, 0.717) is 12.0 Å². The predicted molar refractivity (Wildman–Crippen MR) is 57.7 cm³/mol.